The van der Waals surface area contributed by atoms with Crippen LogP contribution in [0.1, 0.15) is 34.1 Å². The van der Waals surface area contributed by atoms with Crippen molar-refractivity contribution >= 4 is 17.6 Å². The zero-order valence-electron chi connectivity index (χ0n) is 10.2. The predicted octanol–water partition coefficient (Wildman–Crippen LogP) is 1.40. The Balaban J connectivity index is 4.34. The van der Waals surface area contributed by atoms with Gasteiger partial charge in [-0.15, -0.1) is 0 Å². The van der Waals surface area contributed by atoms with Gasteiger partial charge in [0.2, 0.25) is 5.91 Å². The molecule has 0 aliphatic carbocycles. The summed E-state index contributed by atoms with van der Waals surface area (Å²) < 4.78 is 0. The van der Waals surface area contributed by atoms with Crippen LogP contribution >= 0.6 is 0 Å². The van der Waals surface area contributed by atoms with E-state index in [4.69, 9.17) is 0 Å². The van der Waals surface area contributed by atoms with Crippen LogP contribution in [0.2, 0.25) is 0 Å². The Bertz CT molecular complexity index is 319. The van der Waals surface area contributed by atoms with E-state index in [1.807, 2.05) is 13.8 Å². The second kappa shape index (κ2) is 6.05. The number of oxime groups is 1. The molecule has 0 aromatic rings. The number of hydrogen-bond donors (Lipinski definition) is 1. The Morgan fingerprint density at radius 1 is 1.44 bits per heavy atom. The second-order valence-corrected chi connectivity index (χ2v) is 4.16. The molecular weight excluding hydrogens is 208 g/mol. The van der Waals surface area contributed by atoms with Crippen LogP contribution in [-0.2, 0) is 14.4 Å². The van der Waals surface area contributed by atoms with Crippen LogP contribution in [0.3, 0.4) is 0 Å². The molecule has 0 fully saturated rings. The molecule has 0 heterocycles. The lowest BCUT2D eigenvalue weighted by Crippen LogP contribution is -2.43. The minimum absolute atomic E-state index is 0.245. The smallest absolute Gasteiger partial charge is 0.331 e. The molecule has 90 valence electrons. The normalized spacial score (nSPS) is 11.9. The first kappa shape index (κ1) is 14.3. The van der Waals surface area contributed by atoms with Gasteiger partial charge in [-0.2, -0.15) is 0 Å². The van der Waals surface area contributed by atoms with Crippen LogP contribution < -0.4 is 5.32 Å². The molecule has 0 saturated heterocycles. The SMILES string of the molecule is C=CC(=O)NC(C)(C)C/C(C)=N\OC(C)=O. The monoisotopic (exact) mass is 226 g/mol. The van der Waals surface area contributed by atoms with Gasteiger partial charge in [-0.3, -0.25) is 4.79 Å². The van der Waals surface area contributed by atoms with Crippen molar-refractivity contribution in [3.8, 4) is 0 Å². The van der Waals surface area contributed by atoms with Gasteiger partial charge in [0.25, 0.3) is 0 Å². The Morgan fingerprint density at radius 2 is 2.00 bits per heavy atom. The average Bonchev–Trinajstić information content (AvgIpc) is 2.13. The molecule has 0 aliphatic heterocycles. The summed E-state index contributed by atoms with van der Waals surface area (Å²) in [5, 5.41) is 6.38. The summed E-state index contributed by atoms with van der Waals surface area (Å²) in [5.41, 5.74) is 0.170. The van der Waals surface area contributed by atoms with Crippen molar-refractivity contribution in [2.45, 2.75) is 39.7 Å². The molecule has 0 atom stereocenters. The highest BCUT2D eigenvalue weighted by Gasteiger charge is 2.20. The first-order valence-electron chi connectivity index (χ1n) is 4.92. The van der Waals surface area contributed by atoms with Crippen LogP contribution in [0.4, 0.5) is 0 Å². The fourth-order valence-electron chi connectivity index (χ4n) is 1.24. The molecule has 5 heteroatoms. The maximum Gasteiger partial charge on any atom is 0.331 e. The van der Waals surface area contributed by atoms with Crippen molar-refractivity contribution < 1.29 is 14.4 Å². The molecule has 0 aliphatic rings. The molecular formula is C11H18N2O3. The fourth-order valence-corrected chi connectivity index (χ4v) is 1.24. The van der Waals surface area contributed by atoms with Crippen LogP contribution in [0.25, 0.3) is 0 Å². The number of carbonyl (C=O) groups is 2. The third-order valence-electron chi connectivity index (χ3n) is 1.67. The lowest BCUT2D eigenvalue weighted by atomic mass is 9.98. The topological polar surface area (TPSA) is 67.8 Å². The van der Waals surface area contributed by atoms with Gasteiger partial charge in [0.15, 0.2) is 0 Å². The summed E-state index contributed by atoms with van der Waals surface area (Å²) in [6.07, 6.45) is 1.69. The second-order valence-electron chi connectivity index (χ2n) is 4.16. The third-order valence-corrected chi connectivity index (χ3v) is 1.67. The van der Waals surface area contributed by atoms with Crippen molar-refractivity contribution in [1.29, 1.82) is 0 Å². The van der Waals surface area contributed by atoms with Crippen molar-refractivity contribution in [2.75, 3.05) is 0 Å². The highest BCUT2D eigenvalue weighted by Crippen LogP contribution is 2.09. The molecule has 0 unspecified atom stereocenters. The highest BCUT2D eigenvalue weighted by atomic mass is 16.7. The van der Waals surface area contributed by atoms with Crippen molar-refractivity contribution in [1.82, 2.24) is 5.32 Å². The van der Waals surface area contributed by atoms with Gasteiger partial charge in [0.05, 0.1) is 5.71 Å². The number of hydrogen-bond acceptors (Lipinski definition) is 4. The molecule has 5 nitrogen and oxygen atoms in total. The van der Waals surface area contributed by atoms with Gasteiger partial charge < -0.3 is 10.2 Å². The quantitative estimate of drug-likeness (QED) is 0.333. The molecule has 1 amide bonds. The summed E-state index contributed by atoms with van der Waals surface area (Å²) in [6, 6.07) is 0. The summed E-state index contributed by atoms with van der Waals surface area (Å²) in [6.45, 7) is 10.1. The van der Waals surface area contributed by atoms with Crippen LogP contribution in [0.15, 0.2) is 17.8 Å². The van der Waals surface area contributed by atoms with E-state index in [1.54, 1.807) is 6.92 Å². The predicted molar refractivity (Wildman–Crippen MR) is 61.9 cm³/mol. The standard InChI is InChI=1S/C11H18N2O3/c1-6-10(15)12-11(4,5)7-8(2)13-16-9(3)14/h6H,1,7H2,2-5H3,(H,12,15)/b13-8-. The Kier molecular flexibility index (Phi) is 5.42. The Labute approximate surface area is 95.5 Å². The lowest BCUT2D eigenvalue weighted by Gasteiger charge is -2.25. The number of nitrogens with one attached hydrogen (secondary N) is 1. The molecule has 0 rings (SSSR count). The molecule has 0 saturated carbocycles. The minimum atomic E-state index is -0.465. The maximum atomic E-state index is 11.1. The van der Waals surface area contributed by atoms with E-state index in [0.29, 0.717) is 12.1 Å². The molecule has 16 heavy (non-hydrogen) atoms. The summed E-state index contributed by atoms with van der Waals surface area (Å²) in [5.74, 6) is -0.711. The van der Waals surface area contributed by atoms with E-state index in [0.717, 1.165) is 0 Å². The number of amides is 1. The van der Waals surface area contributed by atoms with Crippen LogP contribution in [0.5, 0.6) is 0 Å². The fraction of sp³-hybridized carbons (Fsp3) is 0.545. The van der Waals surface area contributed by atoms with Crippen LogP contribution in [0, 0.1) is 0 Å². The van der Waals surface area contributed by atoms with E-state index in [9.17, 15) is 9.59 Å². The Morgan fingerprint density at radius 3 is 2.44 bits per heavy atom. The van der Waals surface area contributed by atoms with E-state index < -0.39 is 11.5 Å². The van der Waals surface area contributed by atoms with Gasteiger partial charge in [-0.1, -0.05) is 11.7 Å². The van der Waals surface area contributed by atoms with Crippen molar-refractivity contribution in [3.05, 3.63) is 12.7 Å². The number of nitrogens with zero attached hydrogens (tertiary/aromatic N) is 1. The highest BCUT2D eigenvalue weighted by molar-refractivity contribution is 5.89. The van der Waals surface area contributed by atoms with Crippen LogP contribution in [-0.4, -0.2) is 23.1 Å². The molecule has 0 aromatic carbocycles. The third kappa shape index (κ3) is 6.75. The molecule has 1 N–H and O–H groups in total. The van der Waals surface area contributed by atoms with Gasteiger partial charge in [-0.25, -0.2) is 4.79 Å². The molecule has 0 bridgehead atoms. The lowest BCUT2D eigenvalue weighted by molar-refractivity contribution is -0.141. The largest absolute Gasteiger partial charge is 0.347 e. The first-order valence-corrected chi connectivity index (χ1v) is 4.92. The molecule has 0 radical (unpaired) electrons. The van der Waals surface area contributed by atoms with Crippen molar-refractivity contribution in [3.63, 3.8) is 0 Å². The molecule has 0 spiro atoms. The number of carbonyl (C=O) groups excluding carboxylic acids is 2. The molecule has 0 aromatic heterocycles. The Hall–Kier alpha value is -1.65. The zero-order chi connectivity index (χ0) is 12.8. The van der Waals surface area contributed by atoms with E-state index in [-0.39, 0.29) is 5.91 Å². The van der Waals surface area contributed by atoms with Gasteiger partial charge in [0.1, 0.15) is 0 Å². The van der Waals surface area contributed by atoms with E-state index in [1.165, 1.54) is 13.0 Å². The maximum absolute atomic E-state index is 11.1. The summed E-state index contributed by atoms with van der Waals surface area (Å²) in [7, 11) is 0. The van der Waals surface area contributed by atoms with Gasteiger partial charge >= 0.3 is 5.97 Å². The zero-order valence-corrected chi connectivity index (χ0v) is 10.2. The van der Waals surface area contributed by atoms with E-state index in [2.05, 4.69) is 21.9 Å². The summed E-state index contributed by atoms with van der Waals surface area (Å²) >= 11 is 0. The minimum Gasteiger partial charge on any atom is -0.347 e. The van der Waals surface area contributed by atoms with Gasteiger partial charge in [0, 0.05) is 18.9 Å². The number of rotatable bonds is 5. The first-order chi connectivity index (χ1) is 7.26. The summed E-state index contributed by atoms with van der Waals surface area (Å²) in [4.78, 5) is 26.1. The van der Waals surface area contributed by atoms with E-state index >= 15 is 0 Å². The average molecular weight is 226 g/mol. The van der Waals surface area contributed by atoms with Crippen molar-refractivity contribution in [2.24, 2.45) is 5.16 Å². The van der Waals surface area contributed by atoms with Gasteiger partial charge in [-0.05, 0) is 26.8 Å².